The van der Waals surface area contributed by atoms with E-state index in [1.165, 1.54) is 0 Å². The molecule has 0 amide bonds. The van der Waals surface area contributed by atoms with Gasteiger partial charge in [0.2, 0.25) is 0 Å². The van der Waals surface area contributed by atoms with Gasteiger partial charge in [0.05, 0.1) is 17.4 Å². The zero-order valence-electron chi connectivity index (χ0n) is 12.4. The van der Waals surface area contributed by atoms with Gasteiger partial charge >= 0.3 is 0 Å². The van der Waals surface area contributed by atoms with Crippen LogP contribution in [0.2, 0.25) is 0 Å². The zero-order chi connectivity index (χ0) is 15.6. The number of pyridine rings is 1. The summed E-state index contributed by atoms with van der Waals surface area (Å²) in [5.41, 5.74) is 6.15. The molecule has 112 valence electrons. The molecule has 1 aromatic carbocycles. The standard InChI is InChI=1S/C16H13N7/c1-23-13-8-3-2-7-12(13)14-15(23)19-16(22-20-14)21-18-10-11-6-4-5-9-17-11/h2-10H,1H3,(H,19,21,22)/b18-10-. The summed E-state index contributed by atoms with van der Waals surface area (Å²) in [7, 11) is 1.96. The second-order valence-electron chi connectivity index (χ2n) is 5.01. The Bertz CT molecular complexity index is 1000. The van der Waals surface area contributed by atoms with Gasteiger partial charge in [-0.15, -0.1) is 10.2 Å². The van der Waals surface area contributed by atoms with E-state index in [1.807, 2.05) is 54.1 Å². The average Bonchev–Trinajstić information content (AvgIpc) is 2.89. The van der Waals surface area contributed by atoms with Crippen LogP contribution in [0.4, 0.5) is 5.95 Å². The number of aromatic nitrogens is 5. The number of nitrogens with zero attached hydrogens (tertiary/aromatic N) is 6. The van der Waals surface area contributed by atoms with Crippen molar-refractivity contribution in [2.45, 2.75) is 0 Å². The van der Waals surface area contributed by atoms with Crippen LogP contribution in [-0.4, -0.2) is 30.9 Å². The second kappa shape index (κ2) is 5.45. The summed E-state index contributed by atoms with van der Waals surface area (Å²) >= 11 is 0. The Morgan fingerprint density at radius 3 is 2.83 bits per heavy atom. The minimum atomic E-state index is 0.343. The van der Waals surface area contributed by atoms with Gasteiger partial charge in [0.1, 0.15) is 5.52 Å². The number of aryl methyl sites for hydroxylation is 1. The summed E-state index contributed by atoms with van der Waals surface area (Å²) in [5.74, 6) is 0.343. The summed E-state index contributed by atoms with van der Waals surface area (Å²) in [5, 5.41) is 13.5. The van der Waals surface area contributed by atoms with Gasteiger partial charge in [0.15, 0.2) is 5.65 Å². The van der Waals surface area contributed by atoms with E-state index in [9.17, 15) is 0 Å². The van der Waals surface area contributed by atoms with Crippen LogP contribution >= 0.6 is 0 Å². The Labute approximate surface area is 131 Å². The summed E-state index contributed by atoms with van der Waals surface area (Å²) < 4.78 is 1.99. The van der Waals surface area contributed by atoms with Gasteiger partial charge < -0.3 is 4.57 Å². The summed E-state index contributed by atoms with van der Waals surface area (Å²) in [6.07, 6.45) is 3.32. The molecule has 3 aromatic heterocycles. The highest BCUT2D eigenvalue weighted by Gasteiger charge is 2.11. The van der Waals surface area contributed by atoms with Crippen LogP contribution in [0.25, 0.3) is 22.1 Å². The predicted molar refractivity (Wildman–Crippen MR) is 89.3 cm³/mol. The molecule has 1 N–H and O–H groups in total. The monoisotopic (exact) mass is 303 g/mol. The Balaban J connectivity index is 1.68. The first-order valence-corrected chi connectivity index (χ1v) is 7.11. The molecule has 0 saturated carbocycles. The number of benzene rings is 1. The van der Waals surface area contributed by atoms with Crippen LogP contribution in [0.5, 0.6) is 0 Å². The van der Waals surface area contributed by atoms with E-state index in [4.69, 9.17) is 0 Å². The van der Waals surface area contributed by atoms with Crippen molar-refractivity contribution in [3.05, 3.63) is 54.4 Å². The van der Waals surface area contributed by atoms with Crippen molar-refractivity contribution in [3.63, 3.8) is 0 Å². The molecular formula is C16H13N7. The minimum absolute atomic E-state index is 0.343. The zero-order valence-corrected chi connectivity index (χ0v) is 12.4. The van der Waals surface area contributed by atoms with E-state index >= 15 is 0 Å². The van der Waals surface area contributed by atoms with E-state index in [-0.39, 0.29) is 0 Å². The third-order valence-electron chi connectivity index (χ3n) is 3.56. The van der Waals surface area contributed by atoms with E-state index < -0.39 is 0 Å². The first-order chi connectivity index (χ1) is 11.3. The van der Waals surface area contributed by atoms with Crippen molar-refractivity contribution in [2.75, 3.05) is 5.43 Å². The van der Waals surface area contributed by atoms with Crippen LogP contribution in [0.3, 0.4) is 0 Å². The maximum atomic E-state index is 4.49. The maximum absolute atomic E-state index is 4.49. The van der Waals surface area contributed by atoms with Crippen LogP contribution in [-0.2, 0) is 7.05 Å². The molecule has 7 heteroatoms. The maximum Gasteiger partial charge on any atom is 0.265 e. The SMILES string of the molecule is Cn1c2ccccc2c2nnc(N/N=C\c3ccccn3)nc21. The molecule has 3 heterocycles. The van der Waals surface area contributed by atoms with Gasteiger partial charge in [-0.3, -0.25) is 4.98 Å². The van der Waals surface area contributed by atoms with Gasteiger partial charge in [-0.2, -0.15) is 10.1 Å². The third kappa shape index (κ3) is 2.38. The Kier molecular flexibility index (Phi) is 3.16. The molecule has 0 fully saturated rings. The predicted octanol–water partition coefficient (Wildman–Crippen LogP) is 2.36. The highest BCUT2D eigenvalue weighted by atomic mass is 15.4. The molecule has 0 bridgehead atoms. The lowest BCUT2D eigenvalue weighted by molar-refractivity contribution is 0.949. The van der Waals surface area contributed by atoms with Crippen molar-refractivity contribution >= 4 is 34.2 Å². The summed E-state index contributed by atoms with van der Waals surface area (Å²) in [4.78, 5) is 8.64. The summed E-state index contributed by atoms with van der Waals surface area (Å²) in [6, 6.07) is 13.6. The van der Waals surface area contributed by atoms with Crippen molar-refractivity contribution in [1.29, 1.82) is 0 Å². The first kappa shape index (κ1) is 13.3. The molecule has 0 atom stereocenters. The average molecular weight is 303 g/mol. The second-order valence-corrected chi connectivity index (χ2v) is 5.01. The van der Waals surface area contributed by atoms with Gasteiger partial charge in [-0.1, -0.05) is 24.3 Å². The topological polar surface area (TPSA) is 80.9 Å². The molecule has 0 radical (unpaired) electrons. The molecule has 0 aliphatic carbocycles. The fraction of sp³-hybridized carbons (Fsp3) is 0.0625. The van der Waals surface area contributed by atoms with Gasteiger partial charge in [0, 0.05) is 18.6 Å². The van der Waals surface area contributed by atoms with Crippen LogP contribution < -0.4 is 5.43 Å². The number of hydrogen-bond acceptors (Lipinski definition) is 6. The Morgan fingerprint density at radius 2 is 1.96 bits per heavy atom. The molecule has 0 aliphatic rings. The van der Waals surface area contributed by atoms with Crippen LogP contribution in [0.1, 0.15) is 5.69 Å². The lowest BCUT2D eigenvalue weighted by atomic mass is 10.2. The quantitative estimate of drug-likeness (QED) is 0.464. The van der Waals surface area contributed by atoms with Gasteiger partial charge in [-0.25, -0.2) is 5.43 Å². The fourth-order valence-corrected chi connectivity index (χ4v) is 2.46. The number of para-hydroxylation sites is 1. The normalized spacial score (nSPS) is 11.5. The third-order valence-corrected chi connectivity index (χ3v) is 3.56. The first-order valence-electron chi connectivity index (χ1n) is 7.11. The molecule has 4 rings (SSSR count). The van der Waals surface area contributed by atoms with Crippen molar-refractivity contribution in [3.8, 4) is 0 Å². The molecule has 0 spiro atoms. The molecule has 23 heavy (non-hydrogen) atoms. The van der Waals surface area contributed by atoms with Gasteiger partial charge in [0.25, 0.3) is 5.95 Å². The highest BCUT2D eigenvalue weighted by Crippen LogP contribution is 2.24. The largest absolute Gasteiger partial charge is 0.327 e. The number of hydrogen-bond donors (Lipinski definition) is 1. The van der Waals surface area contributed by atoms with Crippen LogP contribution in [0, 0.1) is 0 Å². The molecule has 4 aromatic rings. The van der Waals surface area contributed by atoms with E-state index in [0.717, 1.165) is 27.8 Å². The van der Waals surface area contributed by atoms with Crippen molar-refractivity contribution in [1.82, 2.24) is 24.7 Å². The lowest BCUT2D eigenvalue weighted by Crippen LogP contribution is -2.01. The summed E-state index contributed by atoms with van der Waals surface area (Å²) in [6.45, 7) is 0. The van der Waals surface area contributed by atoms with Gasteiger partial charge in [-0.05, 0) is 18.2 Å². The van der Waals surface area contributed by atoms with Crippen LogP contribution in [0.15, 0.2) is 53.8 Å². The smallest absolute Gasteiger partial charge is 0.265 e. The lowest BCUT2D eigenvalue weighted by Gasteiger charge is -1.99. The van der Waals surface area contributed by atoms with E-state index in [2.05, 4.69) is 30.7 Å². The molecule has 7 nitrogen and oxygen atoms in total. The Hall–Kier alpha value is -3.35. The highest BCUT2D eigenvalue weighted by molar-refractivity contribution is 6.04. The molecule has 0 saturated heterocycles. The molecule has 0 aliphatic heterocycles. The number of hydrazone groups is 1. The number of nitrogens with one attached hydrogen (secondary N) is 1. The number of rotatable bonds is 3. The number of anilines is 1. The Morgan fingerprint density at radius 1 is 1.09 bits per heavy atom. The molecule has 0 unspecified atom stereocenters. The number of fused-ring (bicyclic) bond motifs is 3. The van der Waals surface area contributed by atoms with Crippen molar-refractivity contribution < 1.29 is 0 Å². The minimum Gasteiger partial charge on any atom is -0.327 e. The fourth-order valence-electron chi connectivity index (χ4n) is 2.46. The van der Waals surface area contributed by atoms with E-state index in [0.29, 0.717) is 5.95 Å². The van der Waals surface area contributed by atoms with E-state index in [1.54, 1.807) is 12.4 Å². The molecular weight excluding hydrogens is 290 g/mol. The van der Waals surface area contributed by atoms with Crippen molar-refractivity contribution in [2.24, 2.45) is 12.1 Å².